The maximum absolute atomic E-state index is 13.1. The molecule has 0 bridgehead atoms. The SMILES string of the molecule is Cn1nnc(CN2CCN(c3nccc4sccc34)CC2)c1C(F)F. The molecule has 1 aliphatic rings. The Morgan fingerprint density at radius 1 is 1.20 bits per heavy atom. The highest BCUT2D eigenvalue weighted by molar-refractivity contribution is 7.17. The third-order valence-corrected chi connectivity index (χ3v) is 5.44. The van der Waals surface area contributed by atoms with Crippen molar-refractivity contribution in [3.05, 3.63) is 35.1 Å². The van der Waals surface area contributed by atoms with E-state index in [1.165, 1.54) is 17.1 Å². The number of thiophene rings is 1. The van der Waals surface area contributed by atoms with Crippen LogP contribution in [0.25, 0.3) is 10.1 Å². The molecule has 0 aliphatic carbocycles. The second-order valence-corrected chi connectivity index (χ2v) is 7.02. The Kier molecular flexibility index (Phi) is 4.34. The van der Waals surface area contributed by atoms with Crippen molar-refractivity contribution in [2.75, 3.05) is 31.1 Å². The molecule has 4 heterocycles. The number of nitrogens with zero attached hydrogens (tertiary/aromatic N) is 6. The summed E-state index contributed by atoms with van der Waals surface area (Å²) in [6, 6.07) is 4.13. The molecule has 1 saturated heterocycles. The Bertz CT molecular complexity index is 869. The molecule has 0 radical (unpaired) electrons. The predicted molar refractivity (Wildman–Crippen MR) is 93.1 cm³/mol. The van der Waals surface area contributed by atoms with Gasteiger partial charge in [0.05, 0.1) is 0 Å². The molecule has 9 heteroatoms. The summed E-state index contributed by atoms with van der Waals surface area (Å²) in [5.41, 5.74) is 0.274. The number of aromatic nitrogens is 4. The Morgan fingerprint density at radius 3 is 2.76 bits per heavy atom. The molecule has 0 aromatic carbocycles. The lowest BCUT2D eigenvalue weighted by atomic mass is 10.2. The summed E-state index contributed by atoms with van der Waals surface area (Å²) in [5.74, 6) is 1.01. The summed E-state index contributed by atoms with van der Waals surface area (Å²) in [6.45, 7) is 3.58. The van der Waals surface area contributed by atoms with Crippen LogP contribution in [0.1, 0.15) is 17.8 Å². The van der Waals surface area contributed by atoms with Gasteiger partial charge in [-0.25, -0.2) is 18.4 Å². The van der Waals surface area contributed by atoms with Crippen LogP contribution < -0.4 is 4.90 Å². The van der Waals surface area contributed by atoms with Gasteiger partial charge in [-0.3, -0.25) is 4.90 Å². The number of pyridine rings is 1. The van der Waals surface area contributed by atoms with Gasteiger partial charge in [-0.1, -0.05) is 5.21 Å². The number of fused-ring (bicyclic) bond motifs is 1. The molecule has 0 spiro atoms. The topological polar surface area (TPSA) is 50.1 Å². The second-order valence-electron chi connectivity index (χ2n) is 6.08. The van der Waals surface area contributed by atoms with Crippen molar-refractivity contribution in [1.29, 1.82) is 0 Å². The van der Waals surface area contributed by atoms with Crippen LogP contribution in [0.15, 0.2) is 23.7 Å². The highest BCUT2D eigenvalue weighted by Crippen LogP contribution is 2.29. The lowest BCUT2D eigenvalue weighted by Crippen LogP contribution is -2.46. The van der Waals surface area contributed by atoms with Crippen molar-refractivity contribution in [2.45, 2.75) is 13.0 Å². The minimum Gasteiger partial charge on any atom is -0.354 e. The van der Waals surface area contributed by atoms with Gasteiger partial charge >= 0.3 is 0 Å². The first-order chi connectivity index (χ1) is 12.1. The van der Waals surface area contributed by atoms with Crippen molar-refractivity contribution in [2.24, 2.45) is 7.05 Å². The van der Waals surface area contributed by atoms with E-state index in [2.05, 4.69) is 36.5 Å². The molecule has 0 amide bonds. The number of hydrogen-bond acceptors (Lipinski definition) is 6. The predicted octanol–water partition coefficient (Wildman–Crippen LogP) is 2.68. The minimum absolute atomic E-state index is 0.0906. The highest BCUT2D eigenvalue weighted by atomic mass is 32.1. The van der Waals surface area contributed by atoms with Crippen LogP contribution >= 0.6 is 11.3 Å². The fraction of sp³-hybridized carbons (Fsp3) is 0.438. The first-order valence-electron chi connectivity index (χ1n) is 8.09. The minimum atomic E-state index is -2.56. The molecule has 3 aromatic heterocycles. The Balaban J connectivity index is 1.45. The van der Waals surface area contributed by atoms with Gasteiger partial charge in [-0.15, -0.1) is 16.4 Å². The van der Waals surface area contributed by atoms with Crippen LogP contribution in [0.5, 0.6) is 0 Å². The highest BCUT2D eigenvalue weighted by Gasteiger charge is 2.25. The molecule has 3 aromatic rings. The Labute approximate surface area is 147 Å². The molecule has 6 nitrogen and oxygen atoms in total. The normalized spacial score (nSPS) is 16.2. The van der Waals surface area contributed by atoms with Crippen LogP contribution in [0.2, 0.25) is 0 Å². The standard InChI is InChI=1S/C16H18F2N6S/c1-22-14(15(17)18)12(20-21-22)10-23-5-7-24(8-6-23)16-11-3-9-25-13(11)2-4-19-16/h2-4,9,15H,5-8,10H2,1H3. The van der Waals surface area contributed by atoms with Crippen molar-refractivity contribution in [1.82, 2.24) is 24.9 Å². The van der Waals surface area contributed by atoms with Gasteiger partial charge in [-0.2, -0.15) is 0 Å². The number of rotatable bonds is 4. The summed E-state index contributed by atoms with van der Waals surface area (Å²) in [4.78, 5) is 8.94. The number of piperazine rings is 1. The van der Waals surface area contributed by atoms with Gasteiger partial charge in [0.2, 0.25) is 0 Å². The first-order valence-corrected chi connectivity index (χ1v) is 8.97. The fourth-order valence-electron chi connectivity index (χ4n) is 3.25. The van der Waals surface area contributed by atoms with E-state index in [1.54, 1.807) is 11.3 Å². The average molecular weight is 364 g/mol. The zero-order valence-electron chi connectivity index (χ0n) is 13.8. The van der Waals surface area contributed by atoms with E-state index in [9.17, 15) is 8.78 Å². The molecule has 132 valence electrons. The van der Waals surface area contributed by atoms with Crippen LogP contribution in [-0.4, -0.2) is 51.1 Å². The van der Waals surface area contributed by atoms with Gasteiger partial charge in [0.15, 0.2) is 0 Å². The van der Waals surface area contributed by atoms with Gasteiger partial charge in [-0.05, 0) is 17.5 Å². The number of alkyl halides is 2. The smallest absolute Gasteiger partial charge is 0.281 e. The van der Waals surface area contributed by atoms with Gasteiger partial charge in [0.1, 0.15) is 17.2 Å². The molecule has 0 N–H and O–H groups in total. The monoisotopic (exact) mass is 364 g/mol. The molecular weight excluding hydrogens is 346 g/mol. The molecule has 1 fully saturated rings. The third kappa shape index (κ3) is 3.09. The Morgan fingerprint density at radius 2 is 2.00 bits per heavy atom. The Hall–Kier alpha value is -2.13. The van der Waals surface area contributed by atoms with Crippen molar-refractivity contribution >= 4 is 27.2 Å². The van der Waals surface area contributed by atoms with E-state index in [0.29, 0.717) is 12.2 Å². The number of hydrogen-bond donors (Lipinski definition) is 0. The van der Waals surface area contributed by atoms with E-state index in [0.717, 1.165) is 36.7 Å². The van der Waals surface area contributed by atoms with Crippen LogP contribution in [0.4, 0.5) is 14.6 Å². The van der Waals surface area contributed by atoms with Crippen LogP contribution in [-0.2, 0) is 13.6 Å². The molecule has 0 atom stereocenters. The van der Waals surface area contributed by atoms with E-state index in [4.69, 9.17) is 0 Å². The number of aryl methyl sites for hydroxylation is 1. The summed E-state index contributed by atoms with van der Waals surface area (Å²) in [6.07, 6.45) is -0.716. The van der Waals surface area contributed by atoms with Crippen molar-refractivity contribution < 1.29 is 8.78 Å². The van der Waals surface area contributed by atoms with E-state index in [-0.39, 0.29) is 5.69 Å². The molecule has 1 aliphatic heterocycles. The lowest BCUT2D eigenvalue weighted by molar-refractivity contribution is 0.137. The van der Waals surface area contributed by atoms with Gasteiger partial charge in [0, 0.05) is 56.1 Å². The maximum atomic E-state index is 13.1. The molecule has 0 saturated carbocycles. The zero-order chi connectivity index (χ0) is 17.4. The zero-order valence-corrected chi connectivity index (χ0v) is 14.6. The largest absolute Gasteiger partial charge is 0.354 e. The fourth-order valence-corrected chi connectivity index (χ4v) is 4.02. The molecule has 4 rings (SSSR count). The summed E-state index contributed by atoms with van der Waals surface area (Å²) >= 11 is 1.71. The lowest BCUT2D eigenvalue weighted by Gasteiger charge is -2.35. The van der Waals surface area contributed by atoms with Crippen molar-refractivity contribution in [3.63, 3.8) is 0 Å². The second kappa shape index (κ2) is 6.64. The molecule has 25 heavy (non-hydrogen) atoms. The van der Waals surface area contributed by atoms with Crippen molar-refractivity contribution in [3.8, 4) is 0 Å². The number of anilines is 1. The summed E-state index contributed by atoms with van der Waals surface area (Å²) < 4.78 is 28.7. The quantitative estimate of drug-likeness (QED) is 0.712. The van der Waals surface area contributed by atoms with E-state index < -0.39 is 6.43 Å². The molecular formula is C16H18F2N6S. The first kappa shape index (κ1) is 16.3. The van der Waals surface area contributed by atoms with Crippen LogP contribution in [0.3, 0.4) is 0 Å². The summed E-state index contributed by atoms with van der Waals surface area (Å²) in [5, 5.41) is 10.9. The number of halogens is 2. The average Bonchev–Trinajstić information content (AvgIpc) is 3.22. The van der Waals surface area contributed by atoms with E-state index >= 15 is 0 Å². The van der Waals surface area contributed by atoms with Crippen LogP contribution in [0, 0.1) is 0 Å². The molecule has 0 unspecified atom stereocenters. The summed E-state index contributed by atoms with van der Waals surface area (Å²) in [7, 11) is 1.50. The van der Waals surface area contributed by atoms with E-state index in [1.807, 2.05) is 12.3 Å². The third-order valence-electron chi connectivity index (χ3n) is 4.55. The maximum Gasteiger partial charge on any atom is 0.281 e. The van der Waals surface area contributed by atoms with Gasteiger partial charge in [0.25, 0.3) is 6.43 Å². The van der Waals surface area contributed by atoms with Gasteiger partial charge < -0.3 is 4.90 Å².